The Kier molecular flexibility index (Phi) is 52.4. The molecule has 0 heterocycles. The summed E-state index contributed by atoms with van der Waals surface area (Å²) in [7, 11) is 0. The molecule has 6 heteroatoms. The standard InChI is InChI=1S/C61H104O6/c1-4-7-10-13-16-18-20-22-24-26-27-28-29-30-31-32-33-35-36-38-40-42-45-48-51-54-60(63)66-57-58(56-65-59(62)53-50-47-44-15-12-9-6-3)67-61(64)55-52-49-46-43-41-39-37-34-25-23-21-19-17-14-11-8-5-2/h7-8,10-11,16-19,22-25,27-28,58H,4-6,9,12-15,20-21,26,29-57H2,1-3H3/b10-7-,11-8-,18-16-,19-17-,24-22-,25-23-,28-27-. The Morgan fingerprint density at radius 1 is 0.313 bits per heavy atom. The summed E-state index contributed by atoms with van der Waals surface area (Å²) < 4.78 is 16.8. The van der Waals surface area contributed by atoms with E-state index in [1.807, 2.05) is 0 Å². The number of carbonyl (C=O) groups is 3. The van der Waals surface area contributed by atoms with Crippen LogP contribution in [0.3, 0.4) is 0 Å². The highest BCUT2D eigenvalue weighted by molar-refractivity contribution is 5.71. The molecule has 0 aromatic carbocycles. The van der Waals surface area contributed by atoms with Gasteiger partial charge in [-0.05, 0) is 89.9 Å². The summed E-state index contributed by atoms with van der Waals surface area (Å²) in [5.74, 6) is -0.894. The van der Waals surface area contributed by atoms with Gasteiger partial charge in [-0.3, -0.25) is 14.4 Å². The molecule has 6 nitrogen and oxygen atoms in total. The van der Waals surface area contributed by atoms with E-state index in [1.54, 1.807) is 0 Å². The Hall–Kier alpha value is -3.41. The van der Waals surface area contributed by atoms with Crippen LogP contribution in [-0.4, -0.2) is 37.2 Å². The third kappa shape index (κ3) is 53.4. The Bertz CT molecular complexity index is 1300. The summed E-state index contributed by atoms with van der Waals surface area (Å²) in [6.45, 7) is 6.37. The normalized spacial score (nSPS) is 12.7. The van der Waals surface area contributed by atoms with Crippen molar-refractivity contribution < 1.29 is 28.6 Å². The number of carbonyl (C=O) groups excluding carboxylic acids is 3. The van der Waals surface area contributed by atoms with Crippen molar-refractivity contribution in [1.29, 1.82) is 0 Å². The van der Waals surface area contributed by atoms with E-state index >= 15 is 0 Å². The lowest BCUT2D eigenvalue weighted by Gasteiger charge is -2.18. The third-order valence-electron chi connectivity index (χ3n) is 11.9. The van der Waals surface area contributed by atoms with Crippen LogP contribution in [0.1, 0.15) is 265 Å². The molecule has 0 amide bonds. The fourth-order valence-electron chi connectivity index (χ4n) is 7.74. The van der Waals surface area contributed by atoms with Gasteiger partial charge in [0.2, 0.25) is 0 Å². The molecule has 1 atom stereocenters. The molecule has 0 saturated heterocycles. The monoisotopic (exact) mass is 933 g/mol. The summed E-state index contributed by atoms with van der Waals surface area (Å²) >= 11 is 0. The van der Waals surface area contributed by atoms with E-state index in [9.17, 15) is 14.4 Å². The fraction of sp³-hybridized carbons (Fsp3) is 0.721. The van der Waals surface area contributed by atoms with Crippen LogP contribution in [0.2, 0.25) is 0 Å². The number of unbranched alkanes of at least 4 members (excludes halogenated alkanes) is 25. The van der Waals surface area contributed by atoms with Crippen LogP contribution in [0, 0.1) is 0 Å². The number of esters is 3. The lowest BCUT2D eigenvalue weighted by molar-refractivity contribution is -0.167. The molecule has 0 spiro atoms. The molecule has 0 aliphatic carbocycles. The van der Waals surface area contributed by atoms with Crippen LogP contribution >= 0.6 is 0 Å². The van der Waals surface area contributed by atoms with Crippen LogP contribution in [0.4, 0.5) is 0 Å². The van der Waals surface area contributed by atoms with Crippen molar-refractivity contribution in [1.82, 2.24) is 0 Å². The van der Waals surface area contributed by atoms with Gasteiger partial charge in [-0.15, -0.1) is 0 Å². The van der Waals surface area contributed by atoms with E-state index in [0.29, 0.717) is 19.3 Å². The van der Waals surface area contributed by atoms with Crippen molar-refractivity contribution in [3.05, 3.63) is 85.1 Å². The van der Waals surface area contributed by atoms with Crippen molar-refractivity contribution >= 4 is 17.9 Å². The van der Waals surface area contributed by atoms with Gasteiger partial charge in [0.15, 0.2) is 6.10 Å². The number of allylic oxidation sites excluding steroid dienone is 14. The molecule has 1 unspecified atom stereocenters. The van der Waals surface area contributed by atoms with Crippen LogP contribution in [0.25, 0.3) is 0 Å². The van der Waals surface area contributed by atoms with Crippen LogP contribution in [-0.2, 0) is 28.6 Å². The van der Waals surface area contributed by atoms with Crippen molar-refractivity contribution in [3.63, 3.8) is 0 Å². The predicted octanol–water partition coefficient (Wildman–Crippen LogP) is 18.8. The van der Waals surface area contributed by atoms with E-state index < -0.39 is 6.10 Å². The van der Waals surface area contributed by atoms with Crippen LogP contribution in [0.15, 0.2) is 85.1 Å². The highest BCUT2D eigenvalue weighted by Gasteiger charge is 2.19. The van der Waals surface area contributed by atoms with E-state index in [2.05, 4.69) is 106 Å². The maximum absolute atomic E-state index is 12.8. The lowest BCUT2D eigenvalue weighted by Crippen LogP contribution is -2.30. The number of hydrogen-bond acceptors (Lipinski definition) is 6. The topological polar surface area (TPSA) is 78.9 Å². The largest absolute Gasteiger partial charge is 0.462 e. The van der Waals surface area contributed by atoms with Gasteiger partial charge < -0.3 is 14.2 Å². The first-order valence-electron chi connectivity index (χ1n) is 28.1. The fourth-order valence-corrected chi connectivity index (χ4v) is 7.74. The Morgan fingerprint density at radius 3 is 0.910 bits per heavy atom. The number of ether oxygens (including phenoxy) is 3. The molecule has 0 aromatic heterocycles. The average Bonchev–Trinajstić information content (AvgIpc) is 3.33. The van der Waals surface area contributed by atoms with Gasteiger partial charge in [0.25, 0.3) is 0 Å². The van der Waals surface area contributed by atoms with Crippen molar-refractivity contribution in [2.45, 2.75) is 271 Å². The third-order valence-corrected chi connectivity index (χ3v) is 11.9. The zero-order chi connectivity index (χ0) is 48.6. The minimum Gasteiger partial charge on any atom is -0.462 e. The molecule has 0 N–H and O–H groups in total. The zero-order valence-corrected chi connectivity index (χ0v) is 43.9. The Balaban J connectivity index is 4.18. The van der Waals surface area contributed by atoms with E-state index in [0.717, 1.165) is 109 Å². The first-order chi connectivity index (χ1) is 33.0. The predicted molar refractivity (Wildman–Crippen MR) is 288 cm³/mol. The van der Waals surface area contributed by atoms with Crippen LogP contribution < -0.4 is 0 Å². The van der Waals surface area contributed by atoms with E-state index in [4.69, 9.17) is 14.2 Å². The summed E-state index contributed by atoms with van der Waals surface area (Å²) in [5, 5.41) is 0. The Morgan fingerprint density at radius 2 is 0.582 bits per heavy atom. The molecular weight excluding hydrogens is 829 g/mol. The average molecular weight is 933 g/mol. The molecule has 0 radical (unpaired) electrons. The molecular formula is C61H104O6. The summed E-state index contributed by atoms with van der Waals surface area (Å²) in [6, 6.07) is 0. The van der Waals surface area contributed by atoms with Gasteiger partial charge in [-0.2, -0.15) is 0 Å². The lowest BCUT2D eigenvalue weighted by atomic mass is 10.0. The Labute approximate surface area is 414 Å². The molecule has 0 aliphatic rings. The summed E-state index contributed by atoms with van der Waals surface area (Å²) in [5.41, 5.74) is 0. The molecule has 384 valence electrons. The second kappa shape index (κ2) is 55.2. The quantitative estimate of drug-likeness (QED) is 0.0262. The highest BCUT2D eigenvalue weighted by atomic mass is 16.6. The maximum atomic E-state index is 12.8. The molecule has 0 fully saturated rings. The second-order valence-electron chi connectivity index (χ2n) is 18.4. The molecule has 67 heavy (non-hydrogen) atoms. The van der Waals surface area contributed by atoms with Gasteiger partial charge >= 0.3 is 17.9 Å². The van der Waals surface area contributed by atoms with Gasteiger partial charge in [0, 0.05) is 19.3 Å². The van der Waals surface area contributed by atoms with E-state index in [1.165, 1.54) is 116 Å². The first-order valence-corrected chi connectivity index (χ1v) is 28.1. The maximum Gasteiger partial charge on any atom is 0.306 e. The SMILES string of the molecule is CC/C=C\C/C=C\C/C=C\C/C=C\CCCCCCCCCCCCCCC(=O)OCC(COC(=O)CCCCCCCCC)OC(=O)CCCCCCCCC/C=C\C/C=C\C/C=C\CC. The van der Waals surface area contributed by atoms with E-state index in [-0.39, 0.29) is 31.1 Å². The molecule has 0 bridgehead atoms. The molecule has 0 aliphatic heterocycles. The van der Waals surface area contributed by atoms with Crippen molar-refractivity contribution in [2.24, 2.45) is 0 Å². The molecule has 0 saturated carbocycles. The molecule has 0 aromatic rings. The second-order valence-corrected chi connectivity index (χ2v) is 18.4. The smallest absolute Gasteiger partial charge is 0.306 e. The minimum absolute atomic E-state index is 0.0798. The van der Waals surface area contributed by atoms with Crippen molar-refractivity contribution in [2.75, 3.05) is 13.2 Å². The minimum atomic E-state index is -0.779. The van der Waals surface area contributed by atoms with Crippen LogP contribution in [0.5, 0.6) is 0 Å². The number of hydrogen-bond donors (Lipinski definition) is 0. The summed E-state index contributed by atoms with van der Waals surface area (Å²) in [4.78, 5) is 37.9. The summed E-state index contributed by atoms with van der Waals surface area (Å²) in [6.07, 6.45) is 71.7. The van der Waals surface area contributed by atoms with Gasteiger partial charge in [0.1, 0.15) is 13.2 Å². The van der Waals surface area contributed by atoms with Crippen molar-refractivity contribution in [3.8, 4) is 0 Å². The highest BCUT2D eigenvalue weighted by Crippen LogP contribution is 2.15. The van der Waals surface area contributed by atoms with Gasteiger partial charge in [0.05, 0.1) is 0 Å². The molecule has 0 rings (SSSR count). The van der Waals surface area contributed by atoms with Gasteiger partial charge in [-0.1, -0.05) is 241 Å². The zero-order valence-electron chi connectivity index (χ0n) is 43.9. The first kappa shape index (κ1) is 63.6. The van der Waals surface area contributed by atoms with Gasteiger partial charge in [-0.25, -0.2) is 0 Å². The number of rotatable bonds is 50.